The van der Waals surface area contributed by atoms with Crippen molar-refractivity contribution in [3.8, 4) is 5.75 Å². The summed E-state index contributed by atoms with van der Waals surface area (Å²) < 4.78 is 6.50. The molecular weight excluding hydrogens is 186 g/mol. The number of likely N-dealkylation sites (N-methyl/N-ethyl adjacent to an activating group) is 1. The second kappa shape index (κ2) is 7.30. The van der Waals surface area contributed by atoms with Gasteiger partial charge in [0.15, 0.2) is 0 Å². The van der Waals surface area contributed by atoms with E-state index < -0.39 is 0 Å². The third-order valence-electron chi connectivity index (χ3n) is 1.77. The van der Waals surface area contributed by atoms with E-state index in [1.807, 2.05) is 44.2 Å². The Balaban J connectivity index is 0.000000921. The lowest BCUT2D eigenvalue weighted by atomic mass is 10.3. The maximum absolute atomic E-state index is 5.57. The monoisotopic (exact) mass is 210 g/mol. The van der Waals surface area contributed by atoms with Gasteiger partial charge in [-0.05, 0) is 12.1 Å². The summed E-state index contributed by atoms with van der Waals surface area (Å²) in [6.07, 6.45) is 0. The van der Waals surface area contributed by atoms with E-state index in [0.29, 0.717) is 0 Å². The number of nitrogens with zero attached hydrogens (tertiary/aromatic N) is 1. The van der Waals surface area contributed by atoms with Crippen molar-refractivity contribution in [2.45, 2.75) is 13.8 Å². The fourth-order valence-corrected chi connectivity index (χ4v) is 0.954. The normalized spacial score (nSPS) is 10.2. The van der Waals surface area contributed by atoms with Crippen LogP contribution < -0.4 is 4.74 Å². The minimum atomic E-state index is 0.771. The number of benzene rings is 1. The average molecular weight is 210 g/mol. The van der Waals surface area contributed by atoms with E-state index in [4.69, 9.17) is 4.74 Å². The van der Waals surface area contributed by atoms with E-state index >= 15 is 0 Å². The first kappa shape index (κ1) is 14.0. The van der Waals surface area contributed by atoms with Gasteiger partial charge in [-0.1, -0.05) is 32.0 Å². The smallest absolute Gasteiger partial charge is 0.137 e. The highest BCUT2D eigenvalue weighted by Gasteiger charge is 2.05. The highest BCUT2D eigenvalue weighted by Crippen LogP contribution is 2.07. The van der Waals surface area contributed by atoms with Crippen LogP contribution >= 0.6 is 0 Å². The zero-order chi connectivity index (χ0) is 11.7. The van der Waals surface area contributed by atoms with Crippen LogP contribution in [0.4, 0.5) is 0 Å². The van der Waals surface area contributed by atoms with Gasteiger partial charge < -0.3 is 9.22 Å². The number of rotatable bonds is 4. The van der Waals surface area contributed by atoms with Gasteiger partial charge in [0.05, 0.1) is 21.1 Å². The predicted molar refractivity (Wildman–Crippen MR) is 66.2 cm³/mol. The summed E-state index contributed by atoms with van der Waals surface area (Å²) in [6.45, 7) is 5.79. The van der Waals surface area contributed by atoms with Crippen molar-refractivity contribution >= 4 is 0 Å². The molecule has 0 atom stereocenters. The Kier molecular flexibility index (Phi) is 6.80. The summed E-state index contributed by atoms with van der Waals surface area (Å²) in [6, 6.07) is 9.93. The molecule has 0 heterocycles. The molecule has 0 bridgehead atoms. The first-order chi connectivity index (χ1) is 7.08. The fourth-order valence-electron chi connectivity index (χ4n) is 0.954. The molecule has 0 aromatic heterocycles. The SMILES string of the molecule is CC.C[N+](C)(C)CCOc1ccccc1. The maximum Gasteiger partial charge on any atom is 0.137 e. The standard InChI is InChI=1S/C11H18NO.C2H6/c1-12(2,3)9-10-13-11-7-5-4-6-8-11;1-2/h4-8H,9-10H2,1-3H3;1-2H3/q+1;. The fraction of sp³-hybridized carbons (Fsp3) is 0.538. The molecule has 0 aliphatic rings. The van der Waals surface area contributed by atoms with Crippen molar-refractivity contribution in [3.63, 3.8) is 0 Å². The van der Waals surface area contributed by atoms with Crippen LogP contribution in [0.1, 0.15) is 13.8 Å². The van der Waals surface area contributed by atoms with Gasteiger partial charge in [0.1, 0.15) is 18.9 Å². The number of quaternary nitrogens is 1. The van der Waals surface area contributed by atoms with Crippen LogP contribution in [-0.4, -0.2) is 38.8 Å². The molecule has 1 aromatic rings. The predicted octanol–water partition coefficient (Wildman–Crippen LogP) is 2.80. The number of para-hydroxylation sites is 1. The molecule has 15 heavy (non-hydrogen) atoms. The Morgan fingerprint density at radius 1 is 1.00 bits per heavy atom. The Morgan fingerprint density at radius 3 is 2.00 bits per heavy atom. The van der Waals surface area contributed by atoms with Crippen molar-refractivity contribution in [3.05, 3.63) is 30.3 Å². The summed E-state index contributed by atoms with van der Waals surface area (Å²) in [7, 11) is 6.48. The van der Waals surface area contributed by atoms with Gasteiger partial charge in [-0.25, -0.2) is 0 Å². The number of ether oxygens (including phenoxy) is 1. The molecule has 0 radical (unpaired) electrons. The van der Waals surface area contributed by atoms with Gasteiger partial charge in [-0.2, -0.15) is 0 Å². The lowest BCUT2D eigenvalue weighted by Crippen LogP contribution is -2.38. The third-order valence-corrected chi connectivity index (χ3v) is 1.77. The van der Waals surface area contributed by atoms with Gasteiger partial charge in [0.2, 0.25) is 0 Å². The Labute approximate surface area is 94.1 Å². The molecular formula is C13H24NO+. The quantitative estimate of drug-likeness (QED) is 0.694. The number of hydrogen-bond donors (Lipinski definition) is 0. The molecule has 0 spiro atoms. The topological polar surface area (TPSA) is 9.23 Å². The molecule has 0 N–H and O–H groups in total. The van der Waals surface area contributed by atoms with Crippen molar-refractivity contribution in [1.82, 2.24) is 0 Å². The molecule has 2 heteroatoms. The van der Waals surface area contributed by atoms with Crippen molar-refractivity contribution < 1.29 is 9.22 Å². The van der Waals surface area contributed by atoms with E-state index in [-0.39, 0.29) is 0 Å². The minimum Gasteiger partial charge on any atom is -0.488 e. The van der Waals surface area contributed by atoms with Crippen molar-refractivity contribution in [1.29, 1.82) is 0 Å². The minimum absolute atomic E-state index is 0.771. The number of hydrogen-bond acceptors (Lipinski definition) is 1. The van der Waals surface area contributed by atoms with Crippen LogP contribution in [0.2, 0.25) is 0 Å². The Hall–Kier alpha value is -1.02. The van der Waals surface area contributed by atoms with Crippen molar-refractivity contribution in [2.75, 3.05) is 34.3 Å². The van der Waals surface area contributed by atoms with Crippen LogP contribution in [0.5, 0.6) is 5.75 Å². The Bertz CT molecular complexity index is 238. The van der Waals surface area contributed by atoms with Crippen LogP contribution in [-0.2, 0) is 0 Å². The Morgan fingerprint density at radius 2 is 1.53 bits per heavy atom. The molecule has 0 aliphatic carbocycles. The van der Waals surface area contributed by atoms with E-state index in [9.17, 15) is 0 Å². The van der Waals surface area contributed by atoms with Gasteiger partial charge in [-0.3, -0.25) is 0 Å². The third kappa shape index (κ3) is 8.01. The summed E-state index contributed by atoms with van der Waals surface area (Å²) >= 11 is 0. The summed E-state index contributed by atoms with van der Waals surface area (Å²) in [5, 5.41) is 0. The molecule has 1 aromatic carbocycles. The van der Waals surface area contributed by atoms with Crippen LogP contribution in [0, 0.1) is 0 Å². The zero-order valence-electron chi connectivity index (χ0n) is 10.7. The molecule has 2 nitrogen and oxygen atoms in total. The molecule has 0 fully saturated rings. The maximum atomic E-state index is 5.57. The molecule has 86 valence electrons. The summed E-state index contributed by atoms with van der Waals surface area (Å²) in [5.41, 5.74) is 0. The van der Waals surface area contributed by atoms with E-state index in [2.05, 4.69) is 21.1 Å². The highest BCUT2D eigenvalue weighted by molar-refractivity contribution is 5.20. The average Bonchev–Trinajstić information content (AvgIpc) is 2.20. The lowest BCUT2D eigenvalue weighted by molar-refractivity contribution is -0.870. The van der Waals surface area contributed by atoms with Crippen molar-refractivity contribution in [2.24, 2.45) is 0 Å². The van der Waals surface area contributed by atoms with Crippen LogP contribution in [0.3, 0.4) is 0 Å². The second-order valence-corrected chi connectivity index (χ2v) is 4.18. The molecule has 0 amide bonds. The summed E-state index contributed by atoms with van der Waals surface area (Å²) in [5.74, 6) is 0.955. The van der Waals surface area contributed by atoms with Crippen LogP contribution in [0.25, 0.3) is 0 Å². The second-order valence-electron chi connectivity index (χ2n) is 4.18. The summed E-state index contributed by atoms with van der Waals surface area (Å²) in [4.78, 5) is 0. The van der Waals surface area contributed by atoms with Gasteiger partial charge in [0, 0.05) is 0 Å². The van der Waals surface area contributed by atoms with E-state index in [1.54, 1.807) is 0 Å². The highest BCUT2D eigenvalue weighted by atomic mass is 16.5. The lowest BCUT2D eigenvalue weighted by Gasteiger charge is -2.23. The van der Waals surface area contributed by atoms with E-state index in [0.717, 1.165) is 23.4 Å². The van der Waals surface area contributed by atoms with Gasteiger partial charge in [0.25, 0.3) is 0 Å². The van der Waals surface area contributed by atoms with Gasteiger partial charge >= 0.3 is 0 Å². The molecule has 0 saturated carbocycles. The van der Waals surface area contributed by atoms with Gasteiger partial charge in [-0.15, -0.1) is 0 Å². The van der Waals surface area contributed by atoms with E-state index in [1.165, 1.54) is 0 Å². The molecule has 0 aliphatic heterocycles. The zero-order valence-corrected chi connectivity index (χ0v) is 10.7. The largest absolute Gasteiger partial charge is 0.488 e. The first-order valence-corrected chi connectivity index (χ1v) is 5.56. The van der Waals surface area contributed by atoms with Crippen LogP contribution in [0.15, 0.2) is 30.3 Å². The molecule has 1 rings (SSSR count). The first-order valence-electron chi connectivity index (χ1n) is 5.56. The molecule has 0 unspecified atom stereocenters. The molecule has 0 saturated heterocycles.